The number of aryl methyl sites for hydroxylation is 1. The summed E-state index contributed by atoms with van der Waals surface area (Å²) < 4.78 is 24.8. The Morgan fingerprint density at radius 2 is 2.35 bits per heavy atom. The molecule has 96 valence electrons. The standard InChI is InChI=1S/C12H20N2O2S/c1-2-14-6-3-4-12(14)9-13-8-11-5-7-17(15,16)10-11/h3-4,6,11,13H,2,5,7-10H2,1H3. The van der Waals surface area contributed by atoms with E-state index in [1.165, 1.54) is 5.69 Å². The third-order valence-electron chi connectivity index (χ3n) is 3.33. The fourth-order valence-electron chi connectivity index (χ4n) is 2.36. The van der Waals surface area contributed by atoms with E-state index in [1.807, 2.05) is 6.07 Å². The molecule has 2 heterocycles. The van der Waals surface area contributed by atoms with Gasteiger partial charge in [-0.2, -0.15) is 0 Å². The second-order valence-electron chi connectivity index (χ2n) is 4.69. The van der Waals surface area contributed by atoms with Crippen molar-refractivity contribution in [3.05, 3.63) is 24.0 Å². The van der Waals surface area contributed by atoms with Gasteiger partial charge in [0, 0.05) is 25.0 Å². The first-order valence-corrected chi connectivity index (χ1v) is 7.98. The van der Waals surface area contributed by atoms with E-state index >= 15 is 0 Å². The highest BCUT2D eigenvalue weighted by Gasteiger charge is 2.27. The van der Waals surface area contributed by atoms with Gasteiger partial charge in [-0.25, -0.2) is 8.42 Å². The molecule has 1 aliphatic rings. The summed E-state index contributed by atoms with van der Waals surface area (Å²) in [7, 11) is -2.74. The van der Waals surface area contributed by atoms with Crippen molar-refractivity contribution in [2.24, 2.45) is 5.92 Å². The smallest absolute Gasteiger partial charge is 0.150 e. The van der Waals surface area contributed by atoms with Gasteiger partial charge in [-0.05, 0) is 37.9 Å². The molecule has 1 aliphatic heterocycles. The molecule has 2 rings (SSSR count). The monoisotopic (exact) mass is 256 g/mol. The van der Waals surface area contributed by atoms with Gasteiger partial charge in [0.1, 0.15) is 0 Å². The van der Waals surface area contributed by atoms with Gasteiger partial charge in [0.05, 0.1) is 11.5 Å². The largest absolute Gasteiger partial charge is 0.351 e. The van der Waals surface area contributed by atoms with E-state index in [9.17, 15) is 8.42 Å². The fraction of sp³-hybridized carbons (Fsp3) is 0.667. The normalized spacial score (nSPS) is 23.0. The number of nitrogens with one attached hydrogen (secondary N) is 1. The second-order valence-corrected chi connectivity index (χ2v) is 6.91. The van der Waals surface area contributed by atoms with Crippen molar-refractivity contribution in [1.29, 1.82) is 0 Å². The Morgan fingerprint density at radius 3 is 3.00 bits per heavy atom. The topological polar surface area (TPSA) is 51.1 Å². The summed E-state index contributed by atoms with van der Waals surface area (Å²) in [6.07, 6.45) is 2.88. The van der Waals surface area contributed by atoms with Crippen molar-refractivity contribution in [1.82, 2.24) is 9.88 Å². The first-order chi connectivity index (χ1) is 8.11. The molecular weight excluding hydrogens is 236 g/mol. The average Bonchev–Trinajstić information content (AvgIpc) is 2.85. The predicted molar refractivity (Wildman–Crippen MR) is 68.6 cm³/mol. The predicted octanol–water partition coefficient (Wildman–Crippen LogP) is 1.03. The molecule has 4 nitrogen and oxygen atoms in total. The lowest BCUT2D eigenvalue weighted by molar-refractivity contribution is 0.510. The van der Waals surface area contributed by atoms with Crippen molar-refractivity contribution in [2.45, 2.75) is 26.4 Å². The summed E-state index contributed by atoms with van der Waals surface area (Å²) in [5, 5.41) is 3.36. The van der Waals surface area contributed by atoms with E-state index in [-0.39, 0.29) is 0 Å². The molecule has 5 heteroatoms. The van der Waals surface area contributed by atoms with Crippen molar-refractivity contribution in [2.75, 3.05) is 18.1 Å². The molecule has 0 saturated carbocycles. The Labute approximate surface area is 103 Å². The summed E-state index contributed by atoms with van der Waals surface area (Å²) in [4.78, 5) is 0. The molecule has 0 aromatic carbocycles. The number of hydrogen-bond acceptors (Lipinski definition) is 3. The SMILES string of the molecule is CCn1cccc1CNCC1CCS(=O)(=O)C1. The molecule has 0 spiro atoms. The van der Waals surface area contributed by atoms with E-state index in [0.29, 0.717) is 17.4 Å². The van der Waals surface area contributed by atoms with Gasteiger partial charge in [-0.15, -0.1) is 0 Å². The maximum atomic E-state index is 11.3. The Morgan fingerprint density at radius 1 is 1.53 bits per heavy atom. The third-order valence-corrected chi connectivity index (χ3v) is 5.17. The summed E-state index contributed by atoms with van der Waals surface area (Å²) in [6, 6.07) is 4.14. The average molecular weight is 256 g/mol. The molecule has 1 N–H and O–H groups in total. The van der Waals surface area contributed by atoms with Gasteiger partial charge in [0.25, 0.3) is 0 Å². The van der Waals surface area contributed by atoms with Crippen LogP contribution in [0.4, 0.5) is 0 Å². The highest BCUT2D eigenvalue weighted by atomic mass is 32.2. The Kier molecular flexibility index (Phi) is 3.89. The Bertz CT molecular complexity index is 465. The van der Waals surface area contributed by atoms with E-state index in [4.69, 9.17) is 0 Å². The summed E-state index contributed by atoms with van der Waals surface area (Å²) in [5.74, 6) is 1.02. The van der Waals surface area contributed by atoms with Crippen molar-refractivity contribution in [3.63, 3.8) is 0 Å². The van der Waals surface area contributed by atoms with Gasteiger partial charge < -0.3 is 9.88 Å². The van der Waals surface area contributed by atoms with E-state index in [0.717, 1.165) is 26.1 Å². The molecule has 1 saturated heterocycles. The van der Waals surface area contributed by atoms with Gasteiger partial charge in [-0.1, -0.05) is 0 Å². The minimum absolute atomic E-state index is 0.296. The van der Waals surface area contributed by atoms with Crippen LogP contribution in [0.1, 0.15) is 19.0 Å². The molecule has 1 aromatic heterocycles. The summed E-state index contributed by atoms with van der Waals surface area (Å²) >= 11 is 0. The highest BCUT2D eigenvalue weighted by Crippen LogP contribution is 2.17. The second kappa shape index (κ2) is 5.23. The number of sulfone groups is 1. The van der Waals surface area contributed by atoms with Crippen molar-refractivity contribution in [3.8, 4) is 0 Å². The summed E-state index contributed by atoms with van der Waals surface area (Å²) in [6.45, 7) is 4.71. The minimum Gasteiger partial charge on any atom is -0.351 e. The van der Waals surface area contributed by atoms with Gasteiger partial charge >= 0.3 is 0 Å². The van der Waals surface area contributed by atoms with Crippen molar-refractivity contribution < 1.29 is 8.42 Å². The maximum Gasteiger partial charge on any atom is 0.150 e. The molecule has 0 aliphatic carbocycles. The van der Waals surface area contributed by atoms with Gasteiger partial charge in [-0.3, -0.25) is 0 Å². The maximum absolute atomic E-state index is 11.3. The molecule has 1 fully saturated rings. The van der Waals surface area contributed by atoms with Crippen LogP contribution >= 0.6 is 0 Å². The molecule has 1 atom stereocenters. The van der Waals surface area contributed by atoms with Crippen LogP contribution in [0, 0.1) is 5.92 Å². The number of nitrogens with zero attached hydrogens (tertiary/aromatic N) is 1. The number of hydrogen-bond donors (Lipinski definition) is 1. The molecule has 1 aromatic rings. The van der Waals surface area contributed by atoms with Gasteiger partial charge in [0.2, 0.25) is 0 Å². The number of aromatic nitrogens is 1. The van der Waals surface area contributed by atoms with E-state index < -0.39 is 9.84 Å². The molecule has 1 unspecified atom stereocenters. The quantitative estimate of drug-likeness (QED) is 0.856. The first kappa shape index (κ1) is 12.6. The minimum atomic E-state index is -2.74. The van der Waals surface area contributed by atoms with Crippen LogP contribution < -0.4 is 5.32 Å². The summed E-state index contributed by atoms with van der Waals surface area (Å²) in [5.41, 5.74) is 1.26. The highest BCUT2D eigenvalue weighted by molar-refractivity contribution is 7.91. The van der Waals surface area contributed by atoms with Crippen LogP contribution in [-0.2, 0) is 22.9 Å². The van der Waals surface area contributed by atoms with Crippen LogP contribution in [0.5, 0.6) is 0 Å². The van der Waals surface area contributed by atoms with Crippen molar-refractivity contribution >= 4 is 9.84 Å². The van der Waals surface area contributed by atoms with E-state index in [2.05, 4.69) is 29.1 Å². The molecular formula is C12H20N2O2S. The van der Waals surface area contributed by atoms with Crippen LogP contribution in [0.15, 0.2) is 18.3 Å². The van der Waals surface area contributed by atoms with Crippen LogP contribution in [0.25, 0.3) is 0 Å². The molecule has 0 radical (unpaired) electrons. The zero-order chi connectivity index (χ0) is 12.3. The van der Waals surface area contributed by atoms with Crippen LogP contribution in [0.2, 0.25) is 0 Å². The lowest BCUT2D eigenvalue weighted by Crippen LogP contribution is -2.24. The zero-order valence-corrected chi connectivity index (χ0v) is 11.0. The lowest BCUT2D eigenvalue weighted by atomic mass is 10.1. The molecule has 17 heavy (non-hydrogen) atoms. The Balaban J connectivity index is 1.77. The molecule has 0 amide bonds. The lowest BCUT2D eigenvalue weighted by Gasteiger charge is -2.11. The van der Waals surface area contributed by atoms with E-state index in [1.54, 1.807) is 0 Å². The third kappa shape index (κ3) is 3.33. The van der Waals surface area contributed by atoms with Crippen LogP contribution in [0.3, 0.4) is 0 Å². The van der Waals surface area contributed by atoms with Crippen LogP contribution in [-0.4, -0.2) is 31.0 Å². The Hall–Kier alpha value is -0.810. The number of rotatable bonds is 5. The molecule has 0 bridgehead atoms. The first-order valence-electron chi connectivity index (χ1n) is 6.16. The zero-order valence-electron chi connectivity index (χ0n) is 10.2. The fourth-order valence-corrected chi connectivity index (χ4v) is 4.22. The van der Waals surface area contributed by atoms with Gasteiger partial charge in [0.15, 0.2) is 9.84 Å².